The van der Waals surface area contributed by atoms with Crippen molar-refractivity contribution in [1.29, 1.82) is 0 Å². The number of allylic oxidation sites excluding steroid dienone is 1. The quantitative estimate of drug-likeness (QED) is 0.756. The van der Waals surface area contributed by atoms with Crippen LogP contribution in [0.4, 0.5) is 4.39 Å². The van der Waals surface area contributed by atoms with E-state index < -0.39 is 0 Å². The molecule has 0 aliphatic heterocycles. The predicted octanol–water partition coefficient (Wildman–Crippen LogP) is 4.68. The van der Waals surface area contributed by atoms with Crippen LogP contribution in [0, 0.1) is 11.7 Å². The van der Waals surface area contributed by atoms with Crippen molar-refractivity contribution in [2.24, 2.45) is 16.6 Å². The van der Waals surface area contributed by atoms with Gasteiger partial charge in [-0.25, -0.2) is 4.39 Å². The lowest BCUT2D eigenvalue weighted by Crippen LogP contribution is -2.24. The summed E-state index contributed by atoms with van der Waals surface area (Å²) in [6.45, 7) is 0.309. The maximum absolute atomic E-state index is 13.8. The molecule has 124 valence electrons. The van der Waals surface area contributed by atoms with Crippen molar-refractivity contribution in [2.75, 3.05) is 0 Å². The Bertz CT molecular complexity index is 767. The number of aliphatic imine (C=N–C) groups is 1. The van der Waals surface area contributed by atoms with Gasteiger partial charge in [0.25, 0.3) is 0 Å². The summed E-state index contributed by atoms with van der Waals surface area (Å²) in [5.74, 6) is 0.139. The number of benzene rings is 1. The summed E-state index contributed by atoms with van der Waals surface area (Å²) < 4.78 is 14.6. The minimum absolute atomic E-state index is 0.230. The molecule has 0 radical (unpaired) electrons. The SMILES string of the molecule is NC(=C(Br)C(=NCc1ccccc1F)C1CCC1)c1ccccn1. The first-order valence-corrected chi connectivity index (χ1v) is 8.81. The average molecular weight is 388 g/mol. The molecule has 1 aromatic carbocycles. The van der Waals surface area contributed by atoms with Gasteiger partial charge in [-0.05, 0) is 47.0 Å². The molecule has 3 rings (SSSR count). The van der Waals surface area contributed by atoms with E-state index in [2.05, 4.69) is 25.9 Å². The number of pyridine rings is 1. The van der Waals surface area contributed by atoms with Crippen LogP contribution in [0.5, 0.6) is 0 Å². The third-order valence-corrected chi connectivity index (χ3v) is 5.11. The van der Waals surface area contributed by atoms with Crippen LogP contribution >= 0.6 is 15.9 Å². The summed E-state index contributed by atoms with van der Waals surface area (Å²) in [5.41, 5.74) is 9.04. The highest BCUT2D eigenvalue weighted by atomic mass is 79.9. The van der Waals surface area contributed by atoms with E-state index in [9.17, 15) is 4.39 Å². The van der Waals surface area contributed by atoms with Gasteiger partial charge >= 0.3 is 0 Å². The van der Waals surface area contributed by atoms with Crippen LogP contribution in [0.1, 0.15) is 30.5 Å². The molecule has 1 aliphatic carbocycles. The Kier molecular flexibility index (Phi) is 5.41. The van der Waals surface area contributed by atoms with Gasteiger partial charge in [0.05, 0.1) is 28.1 Å². The Morgan fingerprint density at radius 3 is 2.58 bits per heavy atom. The molecule has 1 fully saturated rings. The van der Waals surface area contributed by atoms with E-state index in [1.807, 2.05) is 24.3 Å². The summed E-state index contributed by atoms with van der Waals surface area (Å²) in [5, 5.41) is 0. The zero-order valence-corrected chi connectivity index (χ0v) is 14.8. The summed E-state index contributed by atoms with van der Waals surface area (Å²) in [6.07, 6.45) is 5.07. The van der Waals surface area contributed by atoms with E-state index in [0.717, 1.165) is 23.0 Å². The minimum Gasteiger partial charge on any atom is -0.396 e. The lowest BCUT2D eigenvalue weighted by molar-refractivity contribution is 0.413. The maximum atomic E-state index is 13.8. The second kappa shape index (κ2) is 7.71. The van der Waals surface area contributed by atoms with E-state index >= 15 is 0 Å². The molecular formula is C19H19BrFN3. The summed E-state index contributed by atoms with van der Waals surface area (Å²) in [7, 11) is 0. The third-order valence-electron chi connectivity index (χ3n) is 4.27. The summed E-state index contributed by atoms with van der Waals surface area (Å²) in [6, 6.07) is 12.3. The minimum atomic E-state index is -0.230. The lowest BCUT2D eigenvalue weighted by Gasteiger charge is -2.27. The number of nitrogens with two attached hydrogens (primary N) is 1. The van der Waals surface area contributed by atoms with Gasteiger partial charge in [-0.1, -0.05) is 30.7 Å². The second-order valence-electron chi connectivity index (χ2n) is 5.86. The van der Waals surface area contributed by atoms with E-state index in [4.69, 9.17) is 5.73 Å². The smallest absolute Gasteiger partial charge is 0.128 e. The molecule has 0 bridgehead atoms. The molecule has 3 nitrogen and oxygen atoms in total. The van der Waals surface area contributed by atoms with E-state index in [1.165, 1.54) is 12.5 Å². The molecule has 1 aromatic heterocycles. The van der Waals surface area contributed by atoms with Crippen molar-refractivity contribution >= 4 is 27.3 Å². The second-order valence-corrected chi connectivity index (χ2v) is 6.66. The van der Waals surface area contributed by atoms with Crippen molar-refractivity contribution in [1.82, 2.24) is 4.98 Å². The van der Waals surface area contributed by atoms with Crippen molar-refractivity contribution < 1.29 is 4.39 Å². The van der Waals surface area contributed by atoms with Crippen molar-refractivity contribution in [3.05, 3.63) is 70.2 Å². The van der Waals surface area contributed by atoms with E-state index in [-0.39, 0.29) is 5.82 Å². The van der Waals surface area contributed by atoms with Crippen LogP contribution in [0.25, 0.3) is 5.70 Å². The Morgan fingerprint density at radius 2 is 1.96 bits per heavy atom. The molecule has 1 aliphatic rings. The molecule has 24 heavy (non-hydrogen) atoms. The molecule has 1 heterocycles. The zero-order valence-electron chi connectivity index (χ0n) is 13.3. The molecule has 5 heteroatoms. The Hall–Kier alpha value is -2.01. The first-order valence-electron chi connectivity index (χ1n) is 8.01. The van der Waals surface area contributed by atoms with Gasteiger partial charge in [0, 0.05) is 17.7 Å². The molecule has 2 N–H and O–H groups in total. The molecule has 0 spiro atoms. The fraction of sp³-hybridized carbons (Fsp3) is 0.263. The van der Waals surface area contributed by atoms with Gasteiger partial charge in [0.15, 0.2) is 0 Å². The van der Waals surface area contributed by atoms with Crippen LogP contribution < -0.4 is 5.73 Å². The van der Waals surface area contributed by atoms with Gasteiger partial charge in [0.1, 0.15) is 5.82 Å². The van der Waals surface area contributed by atoms with Gasteiger partial charge < -0.3 is 5.73 Å². The number of rotatable bonds is 5. The van der Waals surface area contributed by atoms with Gasteiger partial charge in [-0.3, -0.25) is 9.98 Å². The molecule has 0 saturated heterocycles. The molecule has 0 unspecified atom stereocenters. The summed E-state index contributed by atoms with van der Waals surface area (Å²) >= 11 is 3.60. The van der Waals surface area contributed by atoms with Gasteiger partial charge in [-0.15, -0.1) is 0 Å². The maximum Gasteiger partial charge on any atom is 0.128 e. The molecule has 0 amide bonds. The highest BCUT2D eigenvalue weighted by molar-refractivity contribution is 9.12. The first kappa shape index (κ1) is 16.8. The Labute approximate surface area is 149 Å². The number of aromatic nitrogens is 1. The Morgan fingerprint density at radius 1 is 1.21 bits per heavy atom. The molecular weight excluding hydrogens is 369 g/mol. The lowest BCUT2D eigenvalue weighted by atomic mass is 9.81. The zero-order chi connectivity index (χ0) is 16.9. The summed E-state index contributed by atoms with van der Waals surface area (Å²) in [4.78, 5) is 8.98. The van der Waals surface area contributed by atoms with Crippen molar-refractivity contribution in [3.8, 4) is 0 Å². The molecule has 1 saturated carbocycles. The van der Waals surface area contributed by atoms with Gasteiger partial charge in [0.2, 0.25) is 0 Å². The predicted molar refractivity (Wildman–Crippen MR) is 99.2 cm³/mol. The van der Waals surface area contributed by atoms with Crippen LogP contribution in [0.2, 0.25) is 0 Å². The molecule has 2 aromatic rings. The molecule has 0 atom stereocenters. The third kappa shape index (κ3) is 3.73. The topological polar surface area (TPSA) is 51.3 Å². The standard InChI is InChI=1S/C19H19BrFN3/c20-17(18(22)16-10-3-4-11-23-16)19(13-7-5-8-13)24-12-14-6-1-2-9-15(14)21/h1-4,6,9-11,13H,5,7-8,12,22H2. The van der Waals surface area contributed by atoms with Crippen molar-refractivity contribution in [3.63, 3.8) is 0 Å². The normalized spacial score (nSPS) is 16.5. The fourth-order valence-corrected chi connectivity index (χ4v) is 3.28. The fourth-order valence-electron chi connectivity index (χ4n) is 2.63. The Balaban J connectivity index is 1.92. The number of hydrogen-bond donors (Lipinski definition) is 1. The largest absolute Gasteiger partial charge is 0.396 e. The monoisotopic (exact) mass is 387 g/mol. The average Bonchev–Trinajstić information content (AvgIpc) is 2.57. The number of hydrogen-bond acceptors (Lipinski definition) is 3. The first-order chi connectivity index (χ1) is 11.7. The van der Waals surface area contributed by atoms with Crippen LogP contribution in [-0.2, 0) is 6.54 Å². The number of nitrogens with zero attached hydrogens (tertiary/aromatic N) is 2. The van der Waals surface area contributed by atoms with Crippen LogP contribution in [-0.4, -0.2) is 10.7 Å². The van der Waals surface area contributed by atoms with Crippen LogP contribution in [0.15, 0.2) is 58.1 Å². The highest BCUT2D eigenvalue weighted by Gasteiger charge is 2.26. The number of halogens is 2. The van der Waals surface area contributed by atoms with Gasteiger partial charge in [-0.2, -0.15) is 0 Å². The van der Waals surface area contributed by atoms with E-state index in [1.54, 1.807) is 18.3 Å². The van der Waals surface area contributed by atoms with E-state index in [0.29, 0.717) is 29.4 Å². The van der Waals surface area contributed by atoms with Crippen molar-refractivity contribution in [2.45, 2.75) is 25.8 Å². The highest BCUT2D eigenvalue weighted by Crippen LogP contribution is 2.34. The van der Waals surface area contributed by atoms with Crippen LogP contribution in [0.3, 0.4) is 0 Å².